The van der Waals surface area contributed by atoms with Crippen LogP contribution in [-0.4, -0.2) is 36.5 Å². The average molecular weight is 262 g/mol. The molecular formula is C15H22N2O2. The van der Waals surface area contributed by atoms with Gasteiger partial charge in [-0.25, -0.2) is 0 Å². The molecule has 1 aromatic rings. The quantitative estimate of drug-likeness (QED) is 0.872. The van der Waals surface area contributed by atoms with Gasteiger partial charge in [-0.2, -0.15) is 0 Å². The predicted octanol–water partition coefficient (Wildman–Crippen LogP) is 1.40. The molecule has 1 aromatic carbocycles. The van der Waals surface area contributed by atoms with E-state index in [2.05, 4.69) is 12.1 Å². The van der Waals surface area contributed by atoms with Crippen molar-refractivity contribution >= 4 is 5.91 Å². The Kier molecular flexibility index (Phi) is 4.93. The molecule has 19 heavy (non-hydrogen) atoms. The second-order valence-corrected chi connectivity index (χ2v) is 5.23. The van der Waals surface area contributed by atoms with Crippen molar-refractivity contribution in [3.8, 4) is 0 Å². The van der Waals surface area contributed by atoms with E-state index in [1.54, 1.807) is 6.92 Å². The molecule has 1 heterocycles. The van der Waals surface area contributed by atoms with Crippen LogP contribution in [0.5, 0.6) is 0 Å². The van der Waals surface area contributed by atoms with Gasteiger partial charge in [-0.15, -0.1) is 0 Å². The molecule has 2 N–H and O–H groups in total. The molecule has 0 aromatic heterocycles. The molecule has 0 radical (unpaired) electrons. The maximum Gasteiger partial charge on any atom is 0.239 e. The summed E-state index contributed by atoms with van der Waals surface area (Å²) in [4.78, 5) is 13.6. The largest absolute Gasteiger partial charge is 0.376 e. The number of hydrogen-bond acceptors (Lipinski definition) is 3. The number of rotatable bonds is 5. The van der Waals surface area contributed by atoms with Crippen LogP contribution in [0.3, 0.4) is 0 Å². The SMILES string of the molecule is C[C@@H](N)C(=O)N1CCC(COCc2ccccc2)C1. The number of carbonyl (C=O) groups is 1. The van der Waals surface area contributed by atoms with Crippen molar-refractivity contribution in [1.82, 2.24) is 4.90 Å². The fourth-order valence-electron chi connectivity index (χ4n) is 2.37. The number of nitrogens with two attached hydrogens (primary N) is 1. The highest BCUT2D eigenvalue weighted by Gasteiger charge is 2.27. The van der Waals surface area contributed by atoms with Crippen LogP contribution in [0.4, 0.5) is 0 Å². The molecule has 1 aliphatic rings. The highest BCUT2D eigenvalue weighted by atomic mass is 16.5. The van der Waals surface area contributed by atoms with Crippen LogP contribution in [0.2, 0.25) is 0 Å². The van der Waals surface area contributed by atoms with Crippen molar-refractivity contribution in [2.75, 3.05) is 19.7 Å². The first kappa shape index (κ1) is 14.0. The summed E-state index contributed by atoms with van der Waals surface area (Å²) in [6.07, 6.45) is 1.01. The first-order valence-corrected chi connectivity index (χ1v) is 6.83. The Balaban J connectivity index is 1.70. The van der Waals surface area contributed by atoms with Crippen LogP contribution < -0.4 is 5.73 Å². The number of benzene rings is 1. The van der Waals surface area contributed by atoms with Crippen LogP contribution in [0, 0.1) is 5.92 Å². The Morgan fingerprint density at radius 3 is 2.89 bits per heavy atom. The zero-order valence-electron chi connectivity index (χ0n) is 11.4. The van der Waals surface area contributed by atoms with Gasteiger partial charge in [0.25, 0.3) is 0 Å². The summed E-state index contributed by atoms with van der Waals surface area (Å²) in [6, 6.07) is 9.73. The summed E-state index contributed by atoms with van der Waals surface area (Å²) in [5.41, 5.74) is 6.80. The summed E-state index contributed by atoms with van der Waals surface area (Å²) in [5.74, 6) is 0.483. The van der Waals surface area contributed by atoms with Gasteiger partial charge in [0.15, 0.2) is 0 Å². The fraction of sp³-hybridized carbons (Fsp3) is 0.533. The molecule has 2 rings (SSSR count). The summed E-state index contributed by atoms with van der Waals surface area (Å²) < 4.78 is 5.72. The number of carbonyl (C=O) groups excluding carboxylic acids is 1. The van der Waals surface area contributed by atoms with Crippen molar-refractivity contribution < 1.29 is 9.53 Å². The van der Waals surface area contributed by atoms with Crippen LogP contribution in [0.1, 0.15) is 18.9 Å². The van der Waals surface area contributed by atoms with E-state index in [1.165, 1.54) is 5.56 Å². The van der Waals surface area contributed by atoms with Crippen LogP contribution in [0.25, 0.3) is 0 Å². The van der Waals surface area contributed by atoms with E-state index < -0.39 is 6.04 Å². The molecule has 0 saturated carbocycles. The maximum absolute atomic E-state index is 11.7. The number of likely N-dealkylation sites (tertiary alicyclic amines) is 1. The van der Waals surface area contributed by atoms with Gasteiger partial charge in [0, 0.05) is 19.0 Å². The van der Waals surface area contributed by atoms with Gasteiger partial charge in [0.1, 0.15) is 0 Å². The zero-order valence-corrected chi connectivity index (χ0v) is 11.4. The monoisotopic (exact) mass is 262 g/mol. The minimum absolute atomic E-state index is 0.0468. The van der Waals surface area contributed by atoms with E-state index in [9.17, 15) is 4.79 Å². The number of amides is 1. The van der Waals surface area contributed by atoms with Gasteiger partial charge in [0.05, 0.1) is 19.3 Å². The van der Waals surface area contributed by atoms with Gasteiger partial charge in [-0.1, -0.05) is 30.3 Å². The van der Waals surface area contributed by atoms with Crippen molar-refractivity contribution in [1.29, 1.82) is 0 Å². The second-order valence-electron chi connectivity index (χ2n) is 5.23. The molecule has 1 saturated heterocycles. The number of nitrogens with zero attached hydrogens (tertiary/aromatic N) is 1. The van der Waals surface area contributed by atoms with Crippen molar-refractivity contribution in [2.24, 2.45) is 11.7 Å². The molecule has 1 aliphatic heterocycles. The first-order chi connectivity index (χ1) is 9.16. The molecule has 1 unspecified atom stereocenters. The molecule has 0 aliphatic carbocycles. The third-order valence-electron chi connectivity index (χ3n) is 3.45. The fourth-order valence-corrected chi connectivity index (χ4v) is 2.37. The lowest BCUT2D eigenvalue weighted by Gasteiger charge is -2.18. The van der Waals surface area contributed by atoms with E-state index in [-0.39, 0.29) is 5.91 Å². The van der Waals surface area contributed by atoms with E-state index in [1.807, 2.05) is 23.1 Å². The Bertz CT molecular complexity index is 406. The molecule has 2 atom stereocenters. The van der Waals surface area contributed by atoms with Crippen molar-refractivity contribution in [2.45, 2.75) is 26.0 Å². The van der Waals surface area contributed by atoms with E-state index in [4.69, 9.17) is 10.5 Å². The van der Waals surface area contributed by atoms with E-state index in [0.29, 0.717) is 19.1 Å². The van der Waals surface area contributed by atoms with Crippen LogP contribution in [0.15, 0.2) is 30.3 Å². The molecule has 1 amide bonds. The third kappa shape index (κ3) is 4.04. The minimum Gasteiger partial charge on any atom is -0.376 e. The van der Waals surface area contributed by atoms with Gasteiger partial charge in [-0.3, -0.25) is 4.79 Å². The first-order valence-electron chi connectivity index (χ1n) is 6.83. The Hall–Kier alpha value is -1.39. The zero-order chi connectivity index (χ0) is 13.7. The summed E-state index contributed by atoms with van der Waals surface area (Å²) in [5, 5.41) is 0. The lowest BCUT2D eigenvalue weighted by molar-refractivity contribution is -0.131. The smallest absolute Gasteiger partial charge is 0.239 e. The minimum atomic E-state index is -0.399. The molecular weight excluding hydrogens is 240 g/mol. The second kappa shape index (κ2) is 6.68. The normalized spacial score (nSPS) is 20.5. The van der Waals surface area contributed by atoms with Gasteiger partial charge in [0.2, 0.25) is 5.91 Å². The Labute approximate surface area is 114 Å². The molecule has 104 valence electrons. The molecule has 0 bridgehead atoms. The van der Waals surface area contributed by atoms with E-state index >= 15 is 0 Å². The van der Waals surface area contributed by atoms with Gasteiger partial charge >= 0.3 is 0 Å². The lowest BCUT2D eigenvalue weighted by atomic mass is 10.1. The van der Waals surface area contributed by atoms with Crippen LogP contribution in [-0.2, 0) is 16.1 Å². The number of hydrogen-bond donors (Lipinski definition) is 1. The summed E-state index contributed by atoms with van der Waals surface area (Å²) >= 11 is 0. The van der Waals surface area contributed by atoms with Crippen LogP contribution >= 0.6 is 0 Å². The van der Waals surface area contributed by atoms with Crippen molar-refractivity contribution in [3.63, 3.8) is 0 Å². The Morgan fingerprint density at radius 1 is 1.47 bits per heavy atom. The average Bonchev–Trinajstić information content (AvgIpc) is 2.88. The Morgan fingerprint density at radius 2 is 2.21 bits per heavy atom. The maximum atomic E-state index is 11.7. The van der Waals surface area contributed by atoms with Crippen molar-refractivity contribution in [3.05, 3.63) is 35.9 Å². The summed E-state index contributed by atoms with van der Waals surface area (Å²) in [6.45, 7) is 4.66. The lowest BCUT2D eigenvalue weighted by Crippen LogP contribution is -2.40. The summed E-state index contributed by atoms with van der Waals surface area (Å²) in [7, 11) is 0. The predicted molar refractivity (Wildman–Crippen MR) is 74.4 cm³/mol. The third-order valence-corrected chi connectivity index (χ3v) is 3.45. The standard InChI is InChI=1S/C15H22N2O2/c1-12(16)15(18)17-8-7-14(9-17)11-19-10-13-5-3-2-4-6-13/h2-6,12,14H,7-11,16H2,1H3/t12-,14?/m1/s1. The molecule has 0 spiro atoms. The highest BCUT2D eigenvalue weighted by molar-refractivity contribution is 5.81. The van der Waals surface area contributed by atoms with E-state index in [0.717, 1.165) is 19.5 Å². The molecule has 4 heteroatoms. The highest BCUT2D eigenvalue weighted by Crippen LogP contribution is 2.17. The van der Waals surface area contributed by atoms with Gasteiger partial charge < -0.3 is 15.4 Å². The van der Waals surface area contributed by atoms with Gasteiger partial charge in [-0.05, 0) is 18.9 Å². The number of ether oxygens (including phenoxy) is 1. The molecule has 4 nitrogen and oxygen atoms in total. The molecule has 1 fully saturated rings. The topological polar surface area (TPSA) is 55.6 Å².